The van der Waals surface area contributed by atoms with E-state index in [4.69, 9.17) is 4.74 Å². The summed E-state index contributed by atoms with van der Waals surface area (Å²) >= 11 is 0. The summed E-state index contributed by atoms with van der Waals surface area (Å²) in [5, 5.41) is 20.8. The highest BCUT2D eigenvalue weighted by molar-refractivity contribution is 5.97. The number of hydrogen-bond donors (Lipinski definition) is 4. The molecule has 45 heavy (non-hydrogen) atoms. The molecule has 3 rings (SSSR count). The largest absolute Gasteiger partial charge is 0.497 e. The SMILES string of the molecule is CCC(=O)N[C@]1([C@@H](C)CC)CCN([C@@H](CCc2ccccc2)C(=O)N[C@@H](CC(C)C)[C@H](O)CNCc2cccc(OC)c2)C1=O. The second kappa shape index (κ2) is 17.3. The van der Waals surface area contributed by atoms with Gasteiger partial charge in [-0.25, -0.2) is 0 Å². The highest BCUT2D eigenvalue weighted by Crippen LogP contribution is 2.34. The van der Waals surface area contributed by atoms with Crippen LogP contribution in [0.5, 0.6) is 5.75 Å². The van der Waals surface area contributed by atoms with Gasteiger partial charge in [0.2, 0.25) is 17.7 Å². The minimum Gasteiger partial charge on any atom is -0.497 e. The Morgan fingerprint density at radius 1 is 1.04 bits per heavy atom. The van der Waals surface area contributed by atoms with Crippen molar-refractivity contribution in [1.82, 2.24) is 20.9 Å². The van der Waals surface area contributed by atoms with Crippen LogP contribution in [-0.2, 0) is 27.3 Å². The van der Waals surface area contributed by atoms with Gasteiger partial charge in [-0.15, -0.1) is 0 Å². The van der Waals surface area contributed by atoms with Gasteiger partial charge in [0.25, 0.3) is 0 Å². The van der Waals surface area contributed by atoms with Crippen molar-refractivity contribution in [1.29, 1.82) is 0 Å². The fourth-order valence-electron chi connectivity index (χ4n) is 6.21. The zero-order chi connectivity index (χ0) is 33.0. The summed E-state index contributed by atoms with van der Waals surface area (Å²) in [7, 11) is 1.63. The number of nitrogens with one attached hydrogen (secondary N) is 3. The summed E-state index contributed by atoms with van der Waals surface area (Å²) in [6, 6.07) is 16.4. The number of amides is 3. The maximum Gasteiger partial charge on any atom is 0.249 e. The van der Waals surface area contributed by atoms with Crippen molar-refractivity contribution in [3.8, 4) is 5.75 Å². The minimum atomic E-state index is -1.03. The normalized spacial score (nSPS) is 19.2. The zero-order valence-corrected chi connectivity index (χ0v) is 28.0. The lowest BCUT2D eigenvalue weighted by molar-refractivity contribution is -0.144. The fraction of sp³-hybridized carbons (Fsp3) is 0.583. The lowest BCUT2D eigenvalue weighted by Crippen LogP contribution is -2.61. The van der Waals surface area contributed by atoms with Crippen molar-refractivity contribution < 1.29 is 24.2 Å². The van der Waals surface area contributed by atoms with E-state index in [-0.39, 0.29) is 42.5 Å². The number of aryl methyl sites for hydroxylation is 1. The maximum atomic E-state index is 14.2. The first kappa shape index (κ1) is 36.0. The van der Waals surface area contributed by atoms with Gasteiger partial charge in [-0.2, -0.15) is 0 Å². The molecule has 1 aliphatic rings. The summed E-state index contributed by atoms with van der Waals surface area (Å²) in [5.41, 5.74) is 1.07. The van der Waals surface area contributed by atoms with Crippen LogP contribution >= 0.6 is 0 Å². The van der Waals surface area contributed by atoms with Crippen LogP contribution in [0.4, 0.5) is 0 Å². The van der Waals surface area contributed by atoms with Crippen LogP contribution in [0.3, 0.4) is 0 Å². The van der Waals surface area contributed by atoms with Gasteiger partial charge in [0.15, 0.2) is 0 Å². The van der Waals surface area contributed by atoms with Gasteiger partial charge < -0.3 is 30.7 Å². The molecule has 1 saturated heterocycles. The quantitative estimate of drug-likeness (QED) is 0.198. The number of carbonyl (C=O) groups excluding carboxylic acids is 3. The van der Waals surface area contributed by atoms with Crippen LogP contribution in [-0.4, -0.2) is 71.7 Å². The number of rotatable bonds is 18. The van der Waals surface area contributed by atoms with Crippen molar-refractivity contribution in [2.45, 2.75) is 103 Å². The van der Waals surface area contributed by atoms with E-state index in [1.165, 1.54) is 0 Å². The van der Waals surface area contributed by atoms with E-state index in [0.29, 0.717) is 38.8 Å². The Morgan fingerprint density at radius 3 is 2.40 bits per heavy atom. The van der Waals surface area contributed by atoms with Gasteiger partial charge in [-0.3, -0.25) is 14.4 Å². The van der Waals surface area contributed by atoms with E-state index < -0.39 is 23.7 Å². The Morgan fingerprint density at radius 2 is 1.76 bits per heavy atom. The zero-order valence-electron chi connectivity index (χ0n) is 28.0. The molecule has 1 heterocycles. The Kier molecular flexibility index (Phi) is 13.9. The molecular weight excluding hydrogens is 568 g/mol. The highest BCUT2D eigenvalue weighted by atomic mass is 16.5. The molecule has 0 bridgehead atoms. The number of aliphatic hydroxyl groups excluding tert-OH is 1. The van der Waals surface area contributed by atoms with E-state index >= 15 is 0 Å². The van der Waals surface area contributed by atoms with E-state index in [0.717, 1.165) is 23.3 Å². The lowest BCUT2D eigenvalue weighted by Gasteiger charge is -2.36. The number of ether oxygens (including phenoxy) is 1. The van der Waals surface area contributed by atoms with Gasteiger partial charge >= 0.3 is 0 Å². The summed E-state index contributed by atoms with van der Waals surface area (Å²) in [5.74, 6) is 0.254. The van der Waals surface area contributed by atoms with Crippen molar-refractivity contribution in [2.75, 3.05) is 20.2 Å². The first-order chi connectivity index (χ1) is 21.5. The summed E-state index contributed by atoms with van der Waals surface area (Å²) in [6.45, 7) is 11.1. The first-order valence-electron chi connectivity index (χ1n) is 16.5. The predicted molar refractivity (Wildman–Crippen MR) is 178 cm³/mol. The molecule has 0 radical (unpaired) electrons. The predicted octanol–water partition coefficient (Wildman–Crippen LogP) is 4.22. The molecule has 4 N–H and O–H groups in total. The van der Waals surface area contributed by atoms with Crippen LogP contribution in [0.1, 0.15) is 77.8 Å². The van der Waals surface area contributed by atoms with Crippen LogP contribution in [0.2, 0.25) is 0 Å². The molecule has 9 nitrogen and oxygen atoms in total. The Bertz CT molecular complexity index is 1240. The van der Waals surface area contributed by atoms with Crippen molar-refractivity contribution in [3.05, 3.63) is 65.7 Å². The minimum absolute atomic E-state index is 0.0884. The molecule has 3 amide bonds. The van der Waals surface area contributed by atoms with Crippen molar-refractivity contribution in [2.24, 2.45) is 11.8 Å². The Balaban J connectivity index is 1.80. The number of carbonyl (C=O) groups is 3. The standard InChI is InChI=1S/C36H54N4O5/c1-7-26(5)36(39-33(42)8-2)19-20-40(35(36)44)31(18-17-27-13-10-9-11-14-27)34(43)38-30(21-25(3)4)32(41)24-37-23-28-15-12-16-29(22-28)45-6/h9-16,22,25-26,30-32,37,41H,7-8,17-21,23-24H2,1-6H3,(H,38,43)(H,39,42)/t26-,30-,31-,32+,36-/m0/s1. The summed E-state index contributed by atoms with van der Waals surface area (Å²) < 4.78 is 5.31. The van der Waals surface area contributed by atoms with Gasteiger partial charge in [-0.05, 0) is 60.8 Å². The molecule has 1 aliphatic heterocycles. The molecule has 5 atom stereocenters. The van der Waals surface area contributed by atoms with Crippen LogP contribution in [0.25, 0.3) is 0 Å². The fourth-order valence-corrected chi connectivity index (χ4v) is 6.21. The van der Waals surface area contributed by atoms with E-state index in [9.17, 15) is 19.5 Å². The van der Waals surface area contributed by atoms with Gasteiger partial charge in [-0.1, -0.05) is 83.5 Å². The second-order valence-corrected chi connectivity index (χ2v) is 12.8. The Hall–Kier alpha value is -3.43. The average Bonchev–Trinajstić information content (AvgIpc) is 3.36. The molecular formula is C36H54N4O5. The van der Waals surface area contributed by atoms with Crippen molar-refractivity contribution in [3.63, 3.8) is 0 Å². The van der Waals surface area contributed by atoms with Crippen LogP contribution in [0, 0.1) is 11.8 Å². The number of nitrogens with zero attached hydrogens (tertiary/aromatic N) is 1. The topological polar surface area (TPSA) is 120 Å². The third kappa shape index (κ3) is 9.78. The van der Waals surface area contributed by atoms with Crippen LogP contribution in [0.15, 0.2) is 54.6 Å². The van der Waals surface area contributed by atoms with E-state index in [1.54, 1.807) is 18.9 Å². The molecule has 1 fully saturated rings. The number of benzene rings is 2. The van der Waals surface area contributed by atoms with E-state index in [1.807, 2.05) is 68.4 Å². The monoisotopic (exact) mass is 622 g/mol. The number of likely N-dealkylation sites (tertiary alicyclic amines) is 1. The number of methoxy groups -OCH3 is 1. The number of hydrogen-bond acceptors (Lipinski definition) is 6. The van der Waals surface area contributed by atoms with Crippen molar-refractivity contribution >= 4 is 17.7 Å². The molecule has 248 valence electrons. The summed E-state index contributed by atoms with van der Waals surface area (Å²) in [6.07, 6.45) is 2.23. The second-order valence-electron chi connectivity index (χ2n) is 12.8. The van der Waals surface area contributed by atoms with Gasteiger partial charge in [0, 0.05) is 26.1 Å². The van der Waals surface area contributed by atoms with Gasteiger partial charge in [0.05, 0.1) is 19.3 Å². The Labute approximate surface area is 269 Å². The molecule has 0 aliphatic carbocycles. The number of aliphatic hydroxyl groups is 1. The van der Waals surface area contributed by atoms with Crippen LogP contribution < -0.4 is 20.7 Å². The third-order valence-corrected chi connectivity index (χ3v) is 9.09. The molecule has 9 heteroatoms. The molecule has 2 aromatic rings. The molecule has 0 saturated carbocycles. The van der Waals surface area contributed by atoms with Gasteiger partial charge in [0.1, 0.15) is 17.3 Å². The lowest BCUT2D eigenvalue weighted by atomic mass is 9.81. The average molecular weight is 623 g/mol. The maximum absolute atomic E-state index is 14.2. The molecule has 0 unspecified atom stereocenters. The highest BCUT2D eigenvalue weighted by Gasteiger charge is 2.53. The first-order valence-corrected chi connectivity index (χ1v) is 16.5. The molecule has 2 aromatic carbocycles. The molecule has 0 spiro atoms. The summed E-state index contributed by atoms with van der Waals surface area (Å²) in [4.78, 5) is 42.6. The molecule has 0 aromatic heterocycles. The van der Waals surface area contributed by atoms with E-state index in [2.05, 4.69) is 29.8 Å². The third-order valence-electron chi connectivity index (χ3n) is 9.09. The smallest absolute Gasteiger partial charge is 0.249 e.